The van der Waals surface area contributed by atoms with Crippen LogP contribution in [-0.2, 0) is 11.8 Å². The van der Waals surface area contributed by atoms with E-state index in [4.69, 9.17) is 0 Å². The molecule has 2 rings (SSSR count). The summed E-state index contributed by atoms with van der Waals surface area (Å²) >= 11 is 1.61. The van der Waals surface area contributed by atoms with Crippen molar-refractivity contribution in [2.24, 2.45) is 13.0 Å². The zero-order chi connectivity index (χ0) is 17.0. The van der Waals surface area contributed by atoms with Crippen LogP contribution in [0.2, 0.25) is 0 Å². The van der Waals surface area contributed by atoms with Crippen LogP contribution in [0.15, 0.2) is 12.4 Å². The van der Waals surface area contributed by atoms with E-state index in [-0.39, 0.29) is 17.9 Å². The van der Waals surface area contributed by atoms with E-state index >= 15 is 0 Å². The van der Waals surface area contributed by atoms with E-state index < -0.39 is 6.04 Å². The van der Waals surface area contributed by atoms with Crippen molar-refractivity contribution in [1.29, 1.82) is 0 Å². The molecule has 1 N–H and O–H groups in total. The van der Waals surface area contributed by atoms with Crippen molar-refractivity contribution < 1.29 is 9.59 Å². The van der Waals surface area contributed by atoms with Gasteiger partial charge in [-0.05, 0) is 25.7 Å². The van der Waals surface area contributed by atoms with E-state index in [9.17, 15) is 9.59 Å². The van der Waals surface area contributed by atoms with Crippen LogP contribution in [0.4, 0.5) is 0 Å². The quantitative estimate of drug-likeness (QED) is 0.860. The summed E-state index contributed by atoms with van der Waals surface area (Å²) in [5, 5.41) is 7.08. The Morgan fingerprint density at radius 3 is 2.74 bits per heavy atom. The van der Waals surface area contributed by atoms with Gasteiger partial charge in [0.2, 0.25) is 5.91 Å². The molecule has 1 aliphatic rings. The molecular weight excluding hydrogens is 312 g/mol. The summed E-state index contributed by atoms with van der Waals surface area (Å²) in [4.78, 5) is 26.7. The number of carbonyl (C=O) groups excluding carboxylic acids is 2. The summed E-state index contributed by atoms with van der Waals surface area (Å²) < 4.78 is 1.60. The van der Waals surface area contributed by atoms with Crippen molar-refractivity contribution in [3.05, 3.63) is 18.0 Å². The first-order chi connectivity index (χ1) is 10.9. The van der Waals surface area contributed by atoms with Crippen LogP contribution >= 0.6 is 11.8 Å². The van der Waals surface area contributed by atoms with Gasteiger partial charge in [-0.3, -0.25) is 14.3 Å². The van der Waals surface area contributed by atoms with Gasteiger partial charge in [0.1, 0.15) is 6.04 Å². The third kappa shape index (κ3) is 4.73. The molecule has 2 unspecified atom stereocenters. The largest absolute Gasteiger partial charge is 0.352 e. The monoisotopic (exact) mass is 338 g/mol. The molecule has 1 aromatic heterocycles. The molecular formula is C16H26N4O2S. The Balaban J connectivity index is 1.95. The molecule has 7 heteroatoms. The summed E-state index contributed by atoms with van der Waals surface area (Å²) in [6, 6.07) is -0.264. The molecule has 1 aliphatic heterocycles. The molecule has 0 aromatic carbocycles. The van der Waals surface area contributed by atoms with Crippen LogP contribution in [-0.4, -0.2) is 50.2 Å². The summed E-state index contributed by atoms with van der Waals surface area (Å²) in [6.45, 7) is 6.38. The third-order valence-corrected chi connectivity index (χ3v) is 4.98. The van der Waals surface area contributed by atoms with E-state index in [1.165, 1.54) is 0 Å². The molecule has 0 radical (unpaired) electrons. The molecule has 1 fully saturated rings. The minimum absolute atomic E-state index is 0.0523. The summed E-state index contributed by atoms with van der Waals surface area (Å²) in [6.07, 6.45) is 5.27. The number of hydrogen-bond donors (Lipinski definition) is 1. The fourth-order valence-electron chi connectivity index (χ4n) is 2.55. The van der Waals surface area contributed by atoms with Gasteiger partial charge in [-0.15, -0.1) is 11.8 Å². The normalized spacial score (nSPS) is 19.2. The highest BCUT2D eigenvalue weighted by molar-refractivity contribution is 7.99. The molecule has 6 nitrogen and oxygen atoms in total. The van der Waals surface area contributed by atoms with E-state index in [0.29, 0.717) is 23.1 Å². The third-order valence-electron chi connectivity index (χ3n) is 3.96. The lowest BCUT2D eigenvalue weighted by atomic mass is 10.0. The van der Waals surface area contributed by atoms with Gasteiger partial charge >= 0.3 is 0 Å². The van der Waals surface area contributed by atoms with Crippen molar-refractivity contribution >= 4 is 23.6 Å². The lowest BCUT2D eigenvalue weighted by Gasteiger charge is -2.24. The fraction of sp³-hybridized carbons (Fsp3) is 0.688. The number of amides is 2. The van der Waals surface area contributed by atoms with Crippen molar-refractivity contribution in [3.63, 3.8) is 0 Å². The highest BCUT2D eigenvalue weighted by atomic mass is 32.2. The molecule has 0 aliphatic carbocycles. The molecule has 0 saturated carbocycles. The molecule has 2 atom stereocenters. The van der Waals surface area contributed by atoms with Gasteiger partial charge in [-0.25, -0.2) is 0 Å². The summed E-state index contributed by atoms with van der Waals surface area (Å²) in [5.41, 5.74) is 0.528. The topological polar surface area (TPSA) is 67.2 Å². The number of nitrogens with zero attached hydrogens (tertiary/aromatic N) is 3. The van der Waals surface area contributed by atoms with E-state index in [0.717, 1.165) is 12.8 Å². The Hall–Kier alpha value is -1.50. The first kappa shape index (κ1) is 17.8. The molecule has 2 heterocycles. The number of carbonyl (C=O) groups is 2. The molecule has 1 aromatic rings. The molecule has 128 valence electrons. The van der Waals surface area contributed by atoms with Crippen LogP contribution in [0.5, 0.6) is 0 Å². The van der Waals surface area contributed by atoms with Crippen molar-refractivity contribution in [1.82, 2.24) is 20.0 Å². The smallest absolute Gasteiger partial charge is 0.258 e. The maximum atomic E-state index is 12.6. The van der Waals surface area contributed by atoms with Crippen LogP contribution in [0.25, 0.3) is 0 Å². The zero-order valence-electron chi connectivity index (χ0n) is 14.3. The van der Waals surface area contributed by atoms with Gasteiger partial charge in [0.25, 0.3) is 5.91 Å². The summed E-state index contributed by atoms with van der Waals surface area (Å²) in [5.74, 6) is 1.64. The SMILES string of the molecule is CC(C)CCC(C)NC(=O)C1CSCN1C(=O)c1cnn(C)c1. The fourth-order valence-corrected chi connectivity index (χ4v) is 3.71. The average Bonchev–Trinajstić information content (AvgIpc) is 3.13. The van der Waals surface area contributed by atoms with Crippen LogP contribution < -0.4 is 5.32 Å². The Morgan fingerprint density at radius 2 is 2.13 bits per heavy atom. The van der Waals surface area contributed by atoms with Gasteiger partial charge in [0.05, 0.1) is 17.6 Å². The second kappa shape index (κ2) is 7.86. The lowest BCUT2D eigenvalue weighted by molar-refractivity contribution is -0.125. The number of thioether (sulfide) groups is 1. The van der Waals surface area contributed by atoms with Crippen molar-refractivity contribution in [2.45, 2.75) is 45.7 Å². The Kier molecular flexibility index (Phi) is 6.10. The second-order valence-corrected chi connectivity index (χ2v) is 7.57. The van der Waals surface area contributed by atoms with Crippen molar-refractivity contribution in [2.75, 3.05) is 11.6 Å². The first-order valence-electron chi connectivity index (χ1n) is 8.06. The Morgan fingerprint density at radius 1 is 1.39 bits per heavy atom. The van der Waals surface area contributed by atoms with Crippen molar-refractivity contribution in [3.8, 4) is 0 Å². The Bertz CT molecular complexity index is 558. The van der Waals surface area contributed by atoms with Gasteiger partial charge in [-0.1, -0.05) is 13.8 Å². The first-order valence-corrected chi connectivity index (χ1v) is 9.21. The predicted molar refractivity (Wildman–Crippen MR) is 92.2 cm³/mol. The van der Waals surface area contributed by atoms with E-state index in [2.05, 4.69) is 24.3 Å². The maximum absolute atomic E-state index is 12.6. The lowest BCUT2D eigenvalue weighted by Crippen LogP contribution is -2.49. The zero-order valence-corrected chi connectivity index (χ0v) is 15.1. The highest BCUT2D eigenvalue weighted by Crippen LogP contribution is 2.23. The molecule has 1 saturated heterocycles. The average molecular weight is 338 g/mol. The maximum Gasteiger partial charge on any atom is 0.258 e. The molecule has 0 spiro atoms. The molecule has 0 bridgehead atoms. The van der Waals surface area contributed by atoms with E-state index in [1.54, 1.807) is 40.8 Å². The van der Waals surface area contributed by atoms with Gasteiger partial charge in [-0.2, -0.15) is 5.10 Å². The minimum atomic E-state index is -0.394. The minimum Gasteiger partial charge on any atom is -0.352 e. The van der Waals surface area contributed by atoms with Crippen LogP contribution in [0.1, 0.15) is 44.0 Å². The van der Waals surface area contributed by atoms with Gasteiger partial charge in [0.15, 0.2) is 0 Å². The highest BCUT2D eigenvalue weighted by Gasteiger charge is 2.35. The number of rotatable bonds is 6. The van der Waals surface area contributed by atoms with Gasteiger partial charge in [0, 0.05) is 25.0 Å². The number of aryl methyl sites for hydroxylation is 1. The predicted octanol–water partition coefficient (Wildman–Crippen LogP) is 1.88. The second-order valence-electron chi connectivity index (χ2n) is 6.57. The standard InChI is InChI=1S/C16H26N4O2S/c1-11(2)5-6-12(3)18-15(21)14-9-23-10-20(14)16(22)13-7-17-19(4)8-13/h7-8,11-12,14H,5-6,9-10H2,1-4H3,(H,18,21). The number of nitrogens with one attached hydrogen (secondary N) is 1. The molecule has 2 amide bonds. The van der Waals surface area contributed by atoms with Gasteiger partial charge < -0.3 is 10.2 Å². The number of aromatic nitrogens is 2. The Labute approximate surface area is 142 Å². The van der Waals surface area contributed by atoms with Crippen LogP contribution in [0, 0.1) is 5.92 Å². The summed E-state index contributed by atoms with van der Waals surface area (Å²) in [7, 11) is 1.77. The number of hydrogen-bond acceptors (Lipinski definition) is 4. The van der Waals surface area contributed by atoms with Crippen LogP contribution in [0.3, 0.4) is 0 Å². The molecule has 23 heavy (non-hydrogen) atoms. The van der Waals surface area contributed by atoms with E-state index in [1.807, 2.05) is 6.92 Å².